The highest BCUT2D eigenvalue weighted by Crippen LogP contribution is 2.22. The van der Waals surface area contributed by atoms with Gasteiger partial charge in [0.25, 0.3) is 0 Å². The van der Waals surface area contributed by atoms with Crippen LogP contribution in [0, 0.1) is 0 Å². The summed E-state index contributed by atoms with van der Waals surface area (Å²) in [5, 5.41) is 8.90. The molecule has 0 aromatic heterocycles. The van der Waals surface area contributed by atoms with Crippen LogP contribution in [-0.4, -0.2) is 19.3 Å². The Morgan fingerprint density at radius 1 is 1.36 bits per heavy atom. The van der Waals surface area contributed by atoms with Gasteiger partial charge in [0.2, 0.25) is 9.05 Å². The number of rotatable bonds is 3. The number of alkyl halides is 1. The van der Waals surface area contributed by atoms with Crippen molar-refractivity contribution in [3.63, 3.8) is 0 Å². The molecule has 0 spiro atoms. The summed E-state index contributed by atoms with van der Waals surface area (Å²) < 4.78 is 34.3. The highest BCUT2D eigenvalue weighted by molar-refractivity contribution is 8.13. The minimum Gasteiger partial charge on any atom is -0.508 e. The number of aromatic hydroxyl groups is 1. The summed E-state index contributed by atoms with van der Waals surface area (Å²) in [6.45, 7) is 0. The number of phenolic OH excluding ortho intramolecular Hbond substituents is 1. The predicted octanol–water partition coefficient (Wildman–Crippen LogP) is 1.97. The molecule has 0 saturated carbocycles. The van der Waals surface area contributed by atoms with Crippen molar-refractivity contribution in [3.05, 3.63) is 29.8 Å². The molecule has 1 N–H and O–H groups in total. The Hall–Kier alpha value is -0.810. The van der Waals surface area contributed by atoms with Crippen LogP contribution < -0.4 is 0 Å². The van der Waals surface area contributed by atoms with Crippen molar-refractivity contribution >= 4 is 19.7 Å². The molecule has 0 amide bonds. The summed E-state index contributed by atoms with van der Waals surface area (Å²) in [4.78, 5) is 0. The summed E-state index contributed by atoms with van der Waals surface area (Å²) in [7, 11) is 1.05. The average molecular weight is 239 g/mol. The maximum atomic E-state index is 13.2. The van der Waals surface area contributed by atoms with Gasteiger partial charge in [-0.15, -0.1) is 0 Å². The second-order valence-corrected chi connectivity index (χ2v) is 5.59. The molecular weight excluding hydrogens is 231 g/mol. The fourth-order valence-electron chi connectivity index (χ4n) is 0.954. The summed E-state index contributed by atoms with van der Waals surface area (Å²) in [6.07, 6.45) is -1.67. The molecule has 6 heteroatoms. The summed E-state index contributed by atoms with van der Waals surface area (Å²) in [5.41, 5.74) is 0.173. The lowest BCUT2D eigenvalue weighted by Gasteiger charge is -2.05. The van der Waals surface area contributed by atoms with Gasteiger partial charge in [-0.25, -0.2) is 12.8 Å². The molecule has 0 aliphatic rings. The average Bonchev–Trinajstić information content (AvgIpc) is 2.02. The van der Waals surface area contributed by atoms with Crippen LogP contribution in [0.15, 0.2) is 24.3 Å². The fraction of sp³-hybridized carbons (Fsp3) is 0.250. The molecule has 3 nitrogen and oxygen atoms in total. The van der Waals surface area contributed by atoms with Gasteiger partial charge in [-0.3, -0.25) is 0 Å². The third-order valence-electron chi connectivity index (χ3n) is 1.60. The Balaban J connectivity index is 2.80. The number of halogens is 2. The van der Waals surface area contributed by atoms with E-state index in [2.05, 4.69) is 0 Å². The SMILES string of the molecule is O=S(=O)(Cl)CC(F)c1ccc(O)cc1. The molecule has 1 rings (SSSR count). The highest BCUT2D eigenvalue weighted by atomic mass is 35.7. The zero-order chi connectivity index (χ0) is 10.8. The number of benzene rings is 1. The van der Waals surface area contributed by atoms with Gasteiger partial charge in [0.05, 0.1) is 0 Å². The van der Waals surface area contributed by atoms with Gasteiger partial charge in [0.1, 0.15) is 17.7 Å². The van der Waals surface area contributed by atoms with Crippen LogP contribution in [0.4, 0.5) is 4.39 Å². The van der Waals surface area contributed by atoms with Crippen LogP contribution in [0.1, 0.15) is 11.7 Å². The lowest BCUT2D eigenvalue weighted by molar-refractivity contribution is 0.375. The Labute approximate surface area is 85.6 Å². The van der Waals surface area contributed by atoms with Crippen molar-refractivity contribution < 1.29 is 17.9 Å². The fourth-order valence-corrected chi connectivity index (χ4v) is 1.83. The first-order valence-electron chi connectivity index (χ1n) is 3.74. The van der Waals surface area contributed by atoms with E-state index < -0.39 is 21.0 Å². The molecule has 1 atom stereocenters. The Bertz CT molecular complexity index is 401. The van der Waals surface area contributed by atoms with Gasteiger partial charge < -0.3 is 5.11 Å². The molecule has 1 aromatic rings. The molecule has 1 aromatic carbocycles. The predicted molar refractivity (Wildman–Crippen MR) is 51.6 cm³/mol. The van der Waals surface area contributed by atoms with Gasteiger partial charge in [0, 0.05) is 10.7 Å². The zero-order valence-electron chi connectivity index (χ0n) is 7.02. The Morgan fingerprint density at radius 3 is 2.29 bits per heavy atom. The summed E-state index contributed by atoms with van der Waals surface area (Å²) in [6, 6.07) is 5.18. The lowest BCUT2D eigenvalue weighted by Crippen LogP contribution is -2.05. The number of hydrogen-bond donors (Lipinski definition) is 1. The molecular formula is C8H8ClFO3S. The molecule has 0 aliphatic heterocycles. The lowest BCUT2D eigenvalue weighted by atomic mass is 10.1. The second-order valence-electron chi connectivity index (χ2n) is 2.76. The molecule has 0 heterocycles. The normalized spacial score (nSPS) is 13.9. The van der Waals surface area contributed by atoms with Crippen LogP contribution >= 0.6 is 10.7 Å². The molecule has 0 fully saturated rings. The Kier molecular flexibility index (Phi) is 3.34. The smallest absolute Gasteiger partial charge is 0.235 e. The van der Waals surface area contributed by atoms with Crippen molar-refractivity contribution in [2.24, 2.45) is 0 Å². The molecule has 0 radical (unpaired) electrons. The van der Waals surface area contributed by atoms with E-state index in [-0.39, 0.29) is 11.3 Å². The Morgan fingerprint density at radius 2 is 1.86 bits per heavy atom. The summed E-state index contributed by atoms with van der Waals surface area (Å²) in [5.74, 6) is -0.769. The van der Waals surface area contributed by atoms with E-state index in [4.69, 9.17) is 15.8 Å². The van der Waals surface area contributed by atoms with E-state index in [0.29, 0.717) is 0 Å². The zero-order valence-corrected chi connectivity index (χ0v) is 8.59. The van der Waals surface area contributed by atoms with E-state index in [1.165, 1.54) is 24.3 Å². The minimum absolute atomic E-state index is 0.00493. The standard InChI is InChI=1S/C8H8ClFO3S/c9-14(12,13)5-8(10)6-1-3-7(11)4-2-6/h1-4,8,11H,5H2. The minimum atomic E-state index is -3.85. The quantitative estimate of drug-likeness (QED) is 0.820. The van der Waals surface area contributed by atoms with Crippen molar-refractivity contribution in [1.29, 1.82) is 0 Å². The van der Waals surface area contributed by atoms with Gasteiger partial charge >= 0.3 is 0 Å². The third kappa shape index (κ3) is 3.51. The summed E-state index contributed by atoms with van der Waals surface area (Å²) >= 11 is 0. The van der Waals surface area contributed by atoms with Crippen LogP contribution in [0.25, 0.3) is 0 Å². The van der Waals surface area contributed by atoms with Gasteiger partial charge in [-0.05, 0) is 17.7 Å². The third-order valence-corrected chi connectivity index (χ3v) is 2.67. The first-order valence-corrected chi connectivity index (χ1v) is 6.21. The van der Waals surface area contributed by atoms with Gasteiger partial charge in [-0.2, -0.15) is 0 Å². The van der Waals surface area contributed by atoms with Crippen molar-refractivity contribution in [1.82, 2.24) is 0 Å². The molecule has 14 heavy (non-hydrogen) atoms. The molecule has 0 aliphatic carbocycles. The van der Waals surface area contributed by atoms with Crippen LogP contribution in [0.3, 0.4) is 0 Å². The monoisotopic (exact) mass is 238 g/mol. The maximum absolute atomic E-state index is 13.2. The molecule has 0 bridgehead atoms. The van der Waals surface area contributed by atoms with E-state index >= 15 is 0 Å². The second kappa shape index (κ2) is 4.14. The first-order chi connectivity index (χ1) is 6.38. The molecule has 78 valence electrons. The topological polar surface area (TPSA) is 54.4 Å². The number of phenols is 1. The van der Waals surface area contributed by atoms with Crippen LogP contribution in [0.5, 0.6) is 5.75 Å². The van der Waals surface area contributed by atoms with Crippen LogP contribution in [0.2, 0.25) is 0 Å². The van der Waals surface area contributed by atoms with Crippen LogP contribution in [-0.2, 0) is 9.05 Å². The van der Waals surface area contributed by atoms with E-state index in [0.717, 1.165) is 0 Å². The van der Waals surface area contributed by atoms with Gasteiger partial charge in [-0.1, -0.05) is 12.1 Å². The van der Waals surface area contributed by atoms with Crippen molar-refractivity contribution in [3.8, 4) is 5.75 Å². The van der Waals surface area contributed by atoms with Gasteiger partial charge in [0.15, 0.2) is 0 Å². The van der Waals surface area contributed by atoms with E-state index in [1.54, 1.807) is 0 Å². The van der Waals surface area contributed by atoms with E-state index in [9.17, 15) is 12.8 Å². The van der Waals surface area contributed by atoms with E-state index in [1.807, 2.05) is 0 Å². The number of hydrogen-bond acceptors (Lipinski definition) is 3. The largest absolute Gasteiger partial charge is 0.508 e. The van der Waals surface area contributed by atoms with Crippen molar-refractivity contribution in [2.45, 2.75) is 6.17 Å². The molecule has 0 saturated heterocycles. The van der Waals surface area contributed by atoms with Crippen molar-refractivity contribution in [2.75, 3.05) is 5.75 Å². The highest BCUT2D eigenvalue weighted by Gasteiger charge is 2.17. The maximum Gasteiger partial charge on any atom is 0.235 e. The molecule has 1 unspecified atom stereocenters. The first kappa shape index (κ1) is 11.3.